The Labute approximate surface area is 120 Å². The summed E-state index contributed by atoms with van der Waals surface area (Å²) in [7, 11) is 2.10. The van der Waals surface area contributed by atoms with Crippen molar-refractivity contribution in [3.8, 4) is 0 Å². The van der Waals surface area contributed by atoms with Crippen LogP contribution in [-0.2, 0) is 4.79 Å². The SMILES string of the molecule is CN1CCN2c3ncc(I)cc3NC(=O)C[C@H]2C1. The van der Waals surface area contributed by atoms with Crippen LogP contribution in [-0.4, -0.2) is 48.5 Å². The Balaban J connectivity index is 2.02. The Morgan fingerprint density at radius 2 is 2.33 bits per heavy atom. The van der Waals surface area contributed by atoms with Gasteiger partial charge in [0, 0.05) is 35.8 Å². The third-order valence-corrected chi connectivity index (χ3v) is 4.08. The first-order chi connectivity index (χ1) is 8.63. The molecule has 5 nitrogen and oxygen atoms in total. The van der Waals surface area contributed by atoms with Gasteiger partial charge in [-0.1, -0.05) is 0 Å². The molecule has 18 heavy (non-hydrogen) atoms. The van der Waals surface area contributed by atoms with E-state index in [1.807, 2.05) is 12.3 Å². The number of carbonyl (C=O) groups excluding carboxylic acids is 1. The van der Waals surface area contributed by atoms with Crippen LogP contribution in [0, 0.1) is 3.57 Å². The summed E-state index contributed by atoms with van der Waals surface area (Å²) < 4.78 is 1.04. The summed E-state index contributed by atoms with van der Waals surface area (Å²) in [5, 5.41) is 2.97. The van der Waals surface area contributed by atoms with Gasteiger partial charge in [0.15, 0.2) is 5.82 Å². The summed E-state index contributed by atoms with van der Waals surface area (Å²) in [6, 6.07) is 2.22. The van der Waals surface area contributed by atoms with Crippen molar-refractivity contribution in [2.45, 2.75) is 12.5 Å². The highest BCUT2D eigenvalue weighted by molar-refractivity contribution is 14.1. The summed E-state index contributed by atoms with van der Waals surface area (Å²) in [6.45, 7) is 2.86. The second kappa shape index (κ2) is 4.65. The second-order valence-corrected chi connectivity index (χ2v) is 6.13. The van der Waals surface area contributed by atoms with Gasteiger partial charge >= 0.3 is 0 Å². The van der Waals surface area contributed by atoms with Crippen molar-refractivity contribution in [3.63, 3.8) is 0 Å². The van der Waals surface area contributed by atoms with E-state index >= 15 is 0 Å². The van der Waals surface area contributed by atoms with E-state index in [0.717, 1.165) is 34.7 Å². The molecule has 3 heterocycles. The quantitative estimate of drug-likeness (QED) is 0.707. The van der Waals surface area contributed by atoms with Gasteiger partial charge in [0.25, 0.3) is 0 Å². The molecule has 1 amide bonds. The maximum atomic E-state index is 11.9. The summed E-state index contributed by atoms with van der Waals surface area (Å²) >= 11 is 2.22. The fraction of sp³-hybridized carbons (Fsp3) is 0.500. The number of anilines is 2. The summed E-state index contributed by atoms with van der Waals surface area (Å²) in [5.74, 6) is 1.00. The number of halogens is 1. The predicted octanol–water partition coefficient (Wildman–Crippen LogP) is 1.15. The normalized spacial score (nSPS) is 24.0. The van der Waals surface area contributed by atoms with Crippen molar-refractivity contribution in [1.29, 1.82) is 0 Å². The van der Waals surface area contributed by atoms with Gasteiger partial charge < -0.3 is 15.1 Å². The lowest BCUT2D eigenvalue weighted by Crippen LogP contribution is -2.52. The van der Waals surface area contributed by atoms with Gasteiger partial charge in [-0.25, -0.2) is 4.98 Å². The first-order valence-electron chi connectivity index (χ1n) is 6.04. The first-order valence-corrected chi connectivity index (χ1v) is 7.12. The van der Waals surface area contributed by atoms with E-state index in [-0.39, 0.29) is 11.9 Å². The van der Waals surface area contributed by atoms with E-state index in [9.17, 15) is 4.79 Å². The lowest BCUT2D eigenvalue weighted by Gasteiger charge is -2.39. The van der Waals surface area contributed by atoms with Crippen LogP contribution in [0.3, 0.4) is 0 Å². The molecule has 2 aliphatic rings. The minimum absolute atomic E-state index is 0.0860. The number of aromatic nitrogens is 1. The zero-order valence-corrected chi connectivity index (χ0v) is 12.3. The van der Waals surface area contributed by atoms with E-state index in [0.29, 0.717) is 6.42 Å². The molecule has 2 aliphatic heterocycles. The topological polar surface area (TPSA) is 48.5 Å². The van der Waals surface area contributed by atoms with Crippen LogP contribution in [0.25, 0.3) is 0 Å². The minimum atomic E-state index is 0.0860. The first kappa shape index (κ1) is 12.2. The third-order valence-electron chi connectivity index (χ3n) is 3.49. The van der Waals surface area contributed by atoms with Crippen LogP contribution in [0.2, 0.25) is 0 Å². The molecule has 0 saturated carbocycles. The number of hydrogen-bond acceptors (Lipinski definition) is 4. The predicted molar refractivity (Wildman–Crippen MR) is 78.8 cm³/mol. The van der Waals surface area contributed by atoms with Crippen molar-refractivity contribution in [3.05, 3.63) is 15.8 Å². The van der Waals surface area contributed by atoms with Crippen molar-refractivity contribution in [1.82, 2.24) is 9.88 Å². The van der Waals surface area contributed by atoms with E-state index in [1.54, 1.807) is 0 Å². The Morgan fingerprint density at radius 1 is 1.50 bits per heavy atom. The lowest BCUT2D eigenvalue weighted by atomic mass is 10.1. The molecule has 0 bridgehead atoms. The van der Waals surface area contributed by atoms with Crippen molar-refractivity contribution in [2.75, 3.05) is 36.9 Å². The molecular formula is C12H15IN4O. The van der Waals surface area contributed by atoms with Gasteiger partial charge in [0.1, 0.15) is 0 Å². The monoisotopic (exact) mass is 358 g/mol. The second-order valence-electron chi connectivity index (χ2n) is 4.89. The van der Waals surface area contributed by atoms with Crippen LogP contribution in [0.4, 0.5) is 11.5 Å². The van der Waals surface area contributed by atoms with Crippen LogP contribution >= 0.6 is 22.6 Å². The van der Waals surface area contributed by atoms with Crippen LogP contribution in [0.1, 0.15) is 6.42 Å². The van der Waals surface area contributed by atoms with Crippen molar-refractivity contribution >= 4 is 40.0 Å². The Bertz CT molecular complexity index is 493. The molecular weight excluding hydrogens is 343 g/mol. The third kappa shape index (κ3) is 2.18. The number of likely N-dealkylation sites (N-methyl/N-ethyl adjacent to an activating group) is 1. The van der Waals surface area contributed by atoms with E-state index in [1.165, 1.54) is 0 Å². The highest BCUT2D eigenvalue weighted by Gasteiger charge is 2.32. The van der Waals surface area contributed by atoms with Gasteiger partial charge in [-0.3, -0.25) is 4.79 Å². The zero-order chi connectivity index (χ0) is 12.7. The Morgan fingerprint density at radius 3 is 3.17 bits per heavy atom. The van der Waals surface area contributed by atoms with Crippen LogP contribution in [0.15, 0.2) is 12.3 Å². The Hall–Kier alpha value is -0.890. The number of fused-ring (bicyclic) bond motifs is 3. The molecule has 1 saturated heterocycles. The highest BCUT2D eigenvalue weighted by atomic mass is 127. The molecule has 0 unspecified atom stereocenters. The van der Waals surface area contributed by atoms with Gasteiger partial charge in [0.2, 0.25) is 5.91 Å². The number of nitrogens with one attached hydrogen (secondary N) is 1. The average Bonchev–Trinajstić information content (AvgIpc) is 2.42. The number of pyridine rings is 1. The molecule has 6 heteroatoms. The van der Waals surface area contributed by atoms with Gasteiger partial charge in [0.05, 0.1) is 11.7 Å². The molecule has 0 aromatic carbocycles. The smallest absolute Gasteiger partial charge is 0.226 e. The molecule has 0 spiro atoms. The van der Waals surface area contributed by atoms with Gasteiger partial charge in [-0.2, -0.15) is 0 Å². The van der Waals surface area contributed by atoms with Crippen molar-refractivity contribution < 1.29 is 4.79 Å². The largest absolute Gasteiger partial charge is 0.349 e. The number of rotatable bonds is 0. The summed E-state index contributed by atoms with van der Waals surface area (Å²) in [5.41, 5.74) is 0.846. The lowest BCUT2D eigenvalue weighted by molar-refractivity contribution is -0.116. The number of carbonyl (C=O) groups is 1. The molecule has 1 N–H and O–H groups in total. The zero-order valence-electron chi connectivity index (χ0n) is 10.2. The number of amides is 1. The van der Waals surface area contributed by atoms with Crippen LogP contribution in [0.5, 0.6) is 0 Å². The fourth-order valence-electron chi connectivity index (χ4n) is 2.63. The molecule has 96 valence electrons. The Kier molecular flexibility index (Phi) is 3.14. The van der Waals surface area contributed by atoms with E-state index in [4.69, 9.17) is 0 Å². The molecule has 1 atom stereocenters. The standard InChI is InChI=1S/C12H15IN4O/c1-16-2-3-17-9(7-16)5-11(18)15-10-4-8(13)6-14-12(10)17/h4,6,9H,2-3,5,7H2,1H3,(H,15,18)/t9-/m0/s1. The summed E-state index contributed by atoms with van der Waals surface area (Å²) in [4.78, 5) is 21.0. The molecule has 1 fully saturated rings. The van der Waals surface area contributed by atoms with Crippen LogP contribution < -0.4 is 10.2 Å². The molecule has 3 rings (SSSR count). The highest BCUT2D eigenvalue weighted by Crippen LogP contribution is 2.31. The summed E-state index contributed by atoms with van der Waals surface area (Å²) in [6.07, 6.45) is 2.39. The average molecular weight is 358 g/mol. The maximum Gasteiger partial charge on any atom is 0.226 e. The minimum Gasteiger partial charge on any atom is -0.349 e. The van der Waals surface area contributed by atoms with Gasteiger partial charge in [-0.15, -0.1) is 0 Å². The fourth-order valence-corrected chi connectivity index (χ4v) is 3.08. The van der Waals surface area contributed by atoms with E-state index in [2.05, 4.69) is 49.7 Å². The molecule has 1 aromatic heterocycles. The molecule has 0 aliphatic carbocycles. The van der Waals surface area contributed by atoms with Gasteiger partial charge in [-0.05, 0) is 35.7 Å². The number of nitrogens with zero attached hydrogens (tertiary/aromatic N) is 3. The molecule has 1 aromatic rings. The number of hydrogen-bond donors (Lipinski definition) is 1. The van der Waals surface area contributed by atoms with Crippen molar-refractivity contribution in [2.24, 2.45) is 0 Å². The molecule has 0 radical (unpaired) electrons. The number of piperazine rings is 1. The maximum absolute atomic E-state index is 11.9. The van der Waals surface area contributed by atoms with E-state index < -0.39 is 0 Å².